The van der Waals surface area contributed by atoms with Crippen LogP contribution in [0.1, 0.15) is 31.4 Å². The first kappa shape index (κ1) is 11.8. The van der Waals surface area contributed by atoms with Crippen molar-refractivity contribution in [3.63, 3.8) is 0 Å². The van der Waals surface area contributed by atoms with Gasteiger partial charge in [-0.2, -0.15) is 13.2 Å². The molecule has 18 heavy (non-hydrogen) atoms. The lowest BCUT2D eigenvalue weighted by Crippen LogP contribution is -2.26. The molecule has 0 aromatic carbocycles. The van der Waals surface area contributed by atoms with E-state index in [1.54, 1.807) is 6.07 Å². The number of rotatable bonds is 2. The first-order valence-corrected chi connectivity index (χ1v) is 6.33. The molecule has 3 atom stereocenters. The van der Waals surface area contributed by atoms with Crippen molar-refractivity contribution in [1.82, 2.24) is 4.98 Å². The highest BCUT2D eigenvalue weighted by Gasteiger charge is 2.39. The molecule has 1 aromatic rings. The number of halogens is 3. The molecule has 5 heteroatoms. The molecule has 0 aliphatic heterocycles. The number of nitrogens with zero attached hydrogens (tertiary/aromatic N) is 1. The monoisotopic (exact) mass is 256 g/mol. The van der Waals surface area contributed by atoms with Crippen molar-refractivity contribution >= 4 is 5.82 Å². The lowest BCUT2D eigenvalue weighted by molar-refractivity contribution is -0.141. The first-order chi connectivity index (χ1) is 8.52. The molecule has 0 amide bonds. The molecule has 1 N–H and O–H groups in total. The molecule has 1 aromatic heterocycles. The number of fused-ring (bicyclic) bond motifs is 2. The standard InChI is InChI=1S/C13H15F3N2/c14-13(15,16)11-2-1-3-12(18-11)17-10-7-8-4-5-9(10)6-8/h1-3,8-10H,4-7H2,(H,17,18). The van der Waals surface area contributed by atoms with E-state index >= 15 is 0 Å². The molecular formula is C13H15F3N2. The second-order valence-electron chi connectivity index (χ2n) is 5.33. The summed E-state index contributed by atoms with van der Waals surface area (Å²) in [6, 6.07) is 4.33. The maximum Gasteiger partial charge on any atom is 0.433 e. The Hall–Kier alpha value is -1.26. The van der Waals surface area contributed by atoms with Crippen LogP contribution < -0.4 is 5.32 Å². The zero-order valence-corrected chi connectivity index (χ0v) is 9.87. The van der Waals surface area contributed by atoms with E-state index in [-0.39, 0.29) is 0 Å². The Bertz CT molecular complexity index is 444. The van der Waals surface area contributed by atoms with Crippen molar-refractivity contribution in [2.45, 2.75) is 37.9 Å². The summed E-state index contributed by atoms with van der Waals surface area (Å²) < 4.78 is 37.6. The van der Waals surface area contributed by atoms with Crippen LogP contribution in [0, 0.1) is 11.8 Å². The van der Waals surface area contributed by atoms with E-state index in [0.717, 1.165) is 18.4 Å². The zero-order valence-electron chi connectivity index (χ0n) is 9.87. The minimum atomic E-state index is -4.37. The SMILES string of the molecule is FC(F)(F)c1cccc(NC2CC3CCC2C3)n1. The van der Waals surface area contributed by atoms with Crippen molar-refractivity contribution in [3.8, 4) is 0 Å². The molecule has 2 fully saturated rings. The van der Waals surface area contributed by atoms with Gasteiger partial charge in [-0.1, -0.05) is 12.5 Å². The molecule has 2 aliphatic carbocycles. The summed E-state index contributed by atoms with van der Waals surface area (Å²) in [4.78, 5) is 3.65. The van der Waals surface area contributed by atoms with Crippen LogP contribution in [0.3, 0.4) is 0 Å². The van der Waals surface area contributed by atoms with Crippen LogP contribution in [-0.4, -0.2) is 11.0 Å². The van der Waals surface area contributed by atoms with Gasteiger partial charge in [-0.3, -0.25) is 0 Å². The summed E-state index contributed by atoms with van der Waals surface area (Å²) in [5.74, 6) is 1.73. The quantitative estimate of drug-likeness (QED) is 0.872. The minimum absolute atomic E-state index is 0.305. The van der Waals surface area contributed by atoms with E-state index in [0.29, 0.717) is 17.8 Å². The van der Waals surface area contributed by atoms with Crippen LogP contribution in [0.2, 0.25) is 0 Å². The summed E-state index contributed by atoms with van der Waals surface area (Å²) in [7, 11) is 0. The Kier molecular flexibility index (Phi) is 2.72. The topological polar surface area (TPSA) is 24.9 Å². The third kappa shape index (κ3) is 2.18. The van der Waals surface area contributed by atoms with E-state index in [1.165, 1.54) is 25.3 Å². The van der Waals surface area contributed by atoms with E-state index in [2.05, 4.69) is 10.3 Å². The zero-order chi connectivity index (χ0) is 12.8. The van der Waals surface area contributed by atoms with Gasteiger partial charge in [0.25, 0.3) is 0 Å². The molecule has 3 unspecified atom stereocenters. The van der Waals surface area contributed by atoms with Gasteiger partial charge in [-0.05, 0) is 43.2 Å². The van der Waals surface area contributed by atoms with Gasteiger partial charge >= 0.3 is 6.18 Å². The summed E-state index contributed by atoms with van der Waals surface area (Å²) in [6.07, 6.45) is 0.395. The molecule has 1 heterocycles. The maximum absolute atomic E-state index is 12.5. The van der Waals surface area contributed by atoms with E-state index in [1.807, 2.05) is 0 Å². The normalized spacial score (nSPS) is 30.7. The van der Waals surface area contributed by atoms with Crippen LogP contribution in [0.5, 0.6) is 0 Å². The van der Waals surface area contributed by atoms with Gasteiger partial charge < -0.3 is 5.32 Å². The van der Waals surface area contributed by atoms with Crippen LogP contribution in [0.15, 0.2) is 18.2 Å². The highest BCUT2D eigenvalue weighted by molar-refractivity contribution is 5.38. The molecule has 0 saturated heterocycles. The maximum atomic E-state index is 12.5. The highest BCUT2D eigenvalue weighted by atomic mass is 19.4. The lowest BCUT2D eigenvalue weighted by Gasteiger charge is -2.23. The smallest absolute Gasteiger partial charge is 0.367 e. The van der Waals surface area contributed by atoms with Crippen molar-refractivity contribution in [2.75, 3.05) is 5.32 Å². The van der Waals surface area contributed by atoms with Gasteiger partial charge in [-0.25, -0.2) is 4.98 Å². The minimum Gasteiger partial charge on any atom is -0.367 e. The van der Waals surface area contributed by atoms with Gasteiger partial charge in [0.05, 0.1) is 0 Å². The first-order valence-electron chi connectivity index (χ1n) is 6.33. The number of hydrogen-bond acceptors (Lipinski definition) is 2. The van der Waals surface area contributed by atoms with Crippen LogP contribution in [-0.2, 0) is 6.18 Å². The Morgan fingerprint density at radius 2 is 2.00 bits per heavy atom. The lowest BCUT2D eigenvalue weighted by atomic mass is 9.95. The Balaban J connectivity index is 1.73. The fourth-order valence-corrected chi connectivity index (χ4v) is 3.28. The number of anilines is 1. The third-order valence-electron chi connectivity index (χ3n) is 4.11. The number of nitrogens with one attached hydrogen (secondary N) is 1. The predicted octanol–water partition coefficient (Wildman–Crippen LogP) is 3.70. The Morgan fingerprint density at radius 1 is 1.17 bits per heavy atom. The number of pyridine rings is 1. The Labute approximate surface area is 104 Å². The Morgan fingerprint density at radius 3 is 2.61 bits per heavy atom. The number of alkyl halides is 3. The average molecular weight is 256 g/mol. The van der Waals surface area contributed by atoms with E-state index < -0.39 is 11.9 Å². The van der Waals surface area contributed by atoms with Crippen molar-refractivity contribution < 1.29 is 13.2 Å². The fourth-order valence-electron chi connectivity index (χ4n) is 3.28. The molecule has 0 radical (unpaired) electrons. The van der Waals surface area contributed by atoms with Gasteiger partial charge in [0.15, 0.2) is 0 Å². The molecule has 2 bridgehead atoms. The predicted molar refractivity (Wildman–Crippen MR) is 62.1 cm³/mol. The molecular weight excluding hydrogens is 241 g/mol. The van der Waals surface area contributed by atoms with Gasteiger partial charge in [0.2, 0.25) is 0 Å². The van der Waals surface area contributed by atoms with Crippen LogP contribution >= 0.6 is 0 Å². The van der Waals surface area contributed by atoms with E-state index in [9.17, 15) is 13.2 Å². The van der Waals surface area contributed by atoms with Crippen molar-refractivity contribution in [2.24, 2.45) is 11.8 Å². The van der Waals surface area contributed by atoms with Crippen LogP contribution in [0.4, 0.5) is 19.0 Å². The van der Waals surface area contributed by atoms with Crippen LogP contribution in [0.25, 0.3) is 0 Å². The summed E-state index contributed by atoms with van der Waals surface area (Å²) in [5.41, 5.74) is -0.823. The second-order valence-corrected chi connectivity index (χ2v) is 5.33. The number of aromatic nitrogens is 1. The van der Waals surface area contributed by atoms with Gasteiger partial charge in [0.1, 0.15) is 11.5 Å². The third-order valence-corrected chi connectivity index (χ3v) is 4.11. The van der Waals surface area contributed by atoms with Crippen molar-refractivity contribution in [1.29, 1.82) is 0 Å². The summed E-state index contributed by atoms with van der Waals surface area (Å²) >= 11 is 0. The van der Waals surface area contributed by atoms with E-state index in [4.69, 9.17) is 0 Å². The average Bonchev–Trinajstić information content (AvgIpc) is 2.90. The highest BCUT2D eigenvalue weighted by Crippen LogP contribution is 2.45. The summed E-state index contributed by atoms with van der Waals surface area (Å²) in [6.45, 7) is 0. The van der Waals surface area contributed by atoms with Gasteiger partial charge in [0, 0.05) is 6.04 Å². The van der Waals surface area contributed by atoms with Crippen molar-refractivity contribution in [3.05, 3.63) is 23.9 Å². The summed E-state index contributed by atoms with van der Waals surface area (Å²) in [5, 5.41) is 3.17. The van der Waals surface area contributed by atoms with Gasteiger partial charge in [-0.15, -0.1) is 0 Å². The molecule has 2 aliphatic rings. The largest absolute Gasteiger partial charge is 0.433 e. The molecule has 98 valence electrons. The second kappa shape index (κ2) is 4.14. The molecule has 2 saturated carbocycles. The molecule has 2 nitrogen and oxygen atoms in total. The molecule has 3 rings (SSSR count). The fraction of sp³-hybridized carbons (Fsp3) is 0.615. The number of hydrogen-bond donors (Lipinski definition) is 1. The molecule has 0 spiro atoms.